The molecule has 2 rings (SSSR count). The number of esters is 1. The van der Waals surface area contributed by atoms with Crippen LogP contribution in [0.1, 0.15) is 19.7 Å². The standard InChI is InChI=1S/C14H17N3O3/c1-3-20-14(19)9-17-12-7-5-4-6-11(12)16-13(17)8-15-10(2)18/h4-7H,3,8-9H2,1-2H3,(H,15,18). The number of carbonyl (C=O) groups excluding carboxylic acids is 2. The van der Waals surface area contributed by atoms with Gasteiger partial charge in [-0.05, 0) is 19.1 Å². The van der Waals surface area contributed by atoms with Crippen molar-refractivity contribution in [3.05, 3.63) is 30.1 Å². The third-order valence-corrected chi connectivity index (χ3v) is 2.82. The molecule has 0 bridgehead atoms. The summed E-state index contributed by atoms with van der Waals surface area (Å²) in [7, 11) is 0. The molecule has 1 amide bonds. The molecule has 6 nitrogen and oxygen atoms in total. The lowest BCUT2D eigenvalue weighted by Gasteiger charge is -2.08. The molecule has 0 fully saturated rings. The van der Waals surface area contributed by atoms with Gasteiger partial charge in [0.05, 0.1) is 24.2 Å². The van der Waals surface area contributed by atoms with Crippen LogP contribution >= 0.6 is 0 Å². The van der Waals surface area contributed by atoms with Gasteiger partial charge in [-0.15, -0.1) is 0 Å². The van der Waals surface area contributed by atoms with Crippen LogP contribution in [-0.4, -0.2) is 28.0 Å². The van der Waals surface area contributed by atoms with E-state index in [0.29, 0.717) is 12.4 Å². The highest BCUT2D eigenvalue weighted by Crippen LogP contribution is 2.16. The van der Waals surface area contributed by atoms with Gasteiger partial charge in [-0.2, -0.15) is 0 Å². The normalized spacial score (nSPS) is 10.5. The Morgan fingerprint density at radius 2 is 2.10 bits per heavy atom. The summed E-state index contributed by atoms with van der Waals surface area (Å²) in [6, 6.07) is 7.52. The first-order valence-electron chi connectivity index (χ1n) is 6.46. The minimum Gasteiger partial charge on any atom is -0.465 e. The summed E-state index contributed by atoms with van der Waals surface area (Å²) in [4.78, 5) is 27.2. The molecule has 20 heavy (non-hydrogen) atoms. The fraction of sp³-hybridized carbons (Fsp3) is 0.357. The van der Waals surface area contributed by atoms with Gasteiger partial charge in [0.25, 0.3) is 0 Å². The van der Waals surface area contributed by atoms with Crippen LogP contribution in [-0.2, 0) is 27.4 Å². The largest absolute Gasteiger partial charge is 0.465 e. The molecule has 1 N–H and O–H groups in total. The number of fused-ring (bicyclic) bond motifs is 1. The van der Waals surface area contributed by atoms with E-state index in [0.717, 1.165) is 11.0 Å². The lowest BCUT2D eigenvalue weighted by molar-refractivity contribution is -0.143. The molecule has 0 aliphatic carbocycles. The molecule has 1 heterocycles. The Balaban J connectivity index is 2.33. The summed E-state index contributed by atoms with van der Waals surface area (Å²) in [5, 5.41) is 2.69. The zero-order chi connectivity index (χ0) is 14.5. The second kappa shape index (κ2) is 6.18. The summed E-state index contributed by atoms with van der Waals surface area (Å²) in [5.74, 6) is 0.175. The van der Waals surface area contributed by atoms with Crippen molar-refractivity contribution in [1.29, 1.82) is 0 Å². The molecule has 2 aromatic rings. The molecule has 6 heteroatoms. The van der Waals surface area contributed by atoms with Gasteiger partial charge in [0, 0.05) is 6.92 Å². The summed E-state index contributed by atoms with van der Waals surface area (Å²) >= 11 is 0. The number of nitrogens with zero attached hydrogens (tertiary/aromatic N) is 2. The molecule has 0 saturated heterocycles. The summed E-state index contributed by atoms with van der Waals surface area (Å²) in [6.07, 6.45) is 0. The number of carbonyl (C=O) groups is 2. The second-order valence-electron chi connectivity index (χ2n) is 4.32. The lowest BCUT2D eigenvalue weighted by atomic mass is 10.3. The Morgan fingerprint density at radius 1 is 1.35 bits per heavy atom. The van der Waals surface area contributed by atoms with E-state index < -0.39 is 0 Å². The number of aromatic nitrogens is 2. The number of ether oxygens (including phenoxy) is 1. The van der Waals surface area contributed by atoms with Crippen LogP contribution in [0.3, 0.4) is 0 Å². The van der Waals surface area contributed by atoms with Crippen LogP contribution in [0.4, 0.5) is 0 Å². The predicted octanol–water partition coefficient (Wildman–Crippen LogP) is 1.24. The third-order valence-electron chi connectivity index (χ3n) is 2.82. The van der Waals surface area contributed by atoms with Crippen molar-refractivity contribution in [2.45, 2.75) is 26.9 Å². The van der Waals surface area contributed by atoms with Crippen LogP contribution in [0.5, 0.6) is 0 Å². The van der Waals surface area contributed by atoms with E-state index >= 15 is 0 Å². The van der Waals surface area contributed by atoms with Crippen LogP contribution in [0.15, 0.2) is 24.3 Å². The molecule has 0 saturated carbocycles. The number of hydrogen-bond donors (Lipinski definition) is 1. The topological polar surface area (TPSA) is 73.2 Å². The maximum Gasteiger partial charge on any atom is 0.326 e. The molecule has 0 aliphatic rings. The van der Waals surface area contributed by atoms with Gasteiger partial charge in [0.15, 0.2) is 0 Å². The fourth-order valence-electron chi connectivity index (χ4n) is 1.98. The molecule has 0 unspecified atom stereocenters. The SMILES string of the molecule is CCOC(=O)Cn1c(CNC(C)=O)nc2ccccc21. The van der Waals surface area contributed by atoms with E-state index in [1.54, 1.807) is 11.5 Å². The van der Waals surface area contributed by atoms with Crippen LogP contribution in [0.25, 0.3) is 11.0 Å². The first kappa shape index (κ1) is 14.0. The number of nitrogens with one attached hydrogen (secondary N) is 1. The van der Waals surface area contributed by atoms with Gasteiger partial charge >= 0.3 is 5.97 Å². The Morgan fingerprint density at radius 3 is 2.80 bits per heavy atom. The number of benzene rings is 1. The number of rotatable bonds is 5. The quantitative estimate of drug-likeness (QED) is 0.833. The monoisotopic (exact) mass is 275 g/mol. The molecular weight excluding hydrogens is 258 g/mol. The van der Waals surface area contributed by atoms with E-state index in [1.807, 2.05) is 24.3 Å². The minimum atomic E-state index is -0.320. The Bertz CT molecular complexity index is 634. The molecule has 0 radical (unpaired) electrons. The summed E-state index contributed by atoms with van der Waals surface area (Å²) in [6.45, 7) is 3.92. The van der Waals surface area contributed by atoms with E-state index in [2.05, 4.69) is 10.3 Å². The van der Waals surface area contributed by atoms with E-state index in [9.17, 15) is 9.59 Å². The fourth-order valence-corrected chi connectivity index (χ4v) is 1.98. The molecule has 0 aliphatic heterocycles. The average molecular weight is 275 g/mol. The Hall–Kier alpha value is -2.37. The molecular formula is C14H17N3O3. The predicted molar refractivity (Wildman–Crippen MR) is 73.9 cm³/mol. The second-order valence-corrected chi connectivity index (χ2v) is 4.32. The first-order chi connectivity index (χ1) is 9.61. The van der Waals surface area contributed by atoms with Crippen molar-refractivity contribution in [3.8, 4) is 0 Å². The van der Waals surface area contributed by atoms with Crippen LogP contribution in [0.2, 0.25) is 0 Å². The molecule has 1 aromatic carbocycles. The molecule has 0 spiro atoms. The molecule has 0 atom stereocenters. The summed E-state index contributed by atoms with van der Waals surface area (Å²) < 4.78 is 6.74. The number of amides is 1. The van der Waals surface area contributed by atoms with Gasteiger partial charge in [-0.3, -0.25) is 9.59 Å². The minimum absolute atomic E-state index is 0.0866. The maximum atomic E-state index is 11.7. The van der Waals surface area contributed by atoms with Crippen molar-refractivity contribution in [3.63, 3.8) is 0 Å². The van der Waals surface area contributed by atoms with Gasteiger partial charge in [-0.1, -0.05) is 12.1 Å². The Kier molecular flexibility index (Phi) is 4.34. The van der Waals surface area contributed by atoms with Gasteiger partial charge in [-0.25, -0.2) is 4.98 Å². The maximum absolute atomic E-state index is 11.7. The van der Waals surface area contributed by atoms with Crippen molar-refractivity contribution < 1.29 is 14.3 Å². The summed E-state index contributed by atoms with van der Waals surface area (Å²) in [5.41, 5.74) is 1.64. The van der Waals surface area contributed by atoms with Crippen molar-refractivity contribution in [2.75, 3.05) is 6.61 Å². The Labute approximate surface area is 116 Å². The molecule has 106 valence electrons. The zero-order valence-corrected chi connectivity index (χ0v) is 11.5. The van der Waals surface area contributed by atoms with Crippen LogP contribution in [0, 0.1) is 0 Å². The number of hydrogen-bond acceptors (Lipinski definition) is 4. The average Bonchev–Trinajstić information content (AvgIpc) is 2.75. The lowest BCUT2D eigenvalue weighted by Crippen LogP contribution is -2.23. The number of para-hydroxylation sites is 2. The smallest absolute Gasteiger partial charge is 0.326 e. The first-order valence-corrected chi connectivity index (χ1v) is 6.46. The van der Waals surface area contributed by atoms with E-state index in [-0.39, 0.29) is 25.0 Å². The van der Waals surface area contributed by atoms with Gasteiger partial charge < -0.3 is 14.6 Å². The highest BCUT2D eigenvalue weighted by molar-refractivity contribution is 5.79. The highest BCUT2D eigenvalue weighted by Gasteiger charge is 2.14. The molecule has 1 aromatic heterocycles. The van der Waals surface area contributed by atoms with Gasteiger partial charge in [0.2, 0.25) is 5.91 Å². The third kappa shape index (κ3) is 3.14. The van der Waals surface area contributed by atoms with Crippen molar-refractivity contribution in [2.24, 2.45) is 0 Å². The number of imidazole rings is 1. The highest BCUT2D eigenvalue weighted by atomic mass is 16.5. The van der Waals surface area contributed by atoms with E-state index in [4.69, 9.17) is 4.74 Å². The van der Waals surface area contributed by atoms with Crippen LogP contribution < -0.4 is 5.32 Å². The van der Waals surface area contributed by atoms with Crippen molar-refractivity contribution in [1.82, 2.24) is 14.9 Å². The van der Waals surface area contributed by atoms with E-state index in [1.165, 1.54) is 6.92 Å². The van der Waals surface area contributed by atoms with Gasteiger partial charge in [0.1, 0.15) is 12.4 Å². The zero-order valence-electron chi connectivity index (χ0n) is 11.5. The van der Waals surface area contributed by atoms with Crippen molar-refractivity contribution >= 4 is 22.9 Å².